The van der Waals surface area contributed by atoms with E-state index in [-0.39, 0.29) is 18.7 Å². The van der Waals surface area contributed by atoms with Crippen molar-refractivity contribution in [3.8, 4) is 0 Å². The van der Waals surface area contributed by atoms with Crippen molar-refractivity contribution in [3.05, 3.63) is 30.3 Å². The van der Waals surface area contributed by atoms with E-state index in [2.05, 4.69) is 17.1 Å². The van der Waals surface area contributed by atoms with Gasteiger partial charge in [-0.1, -0.05) is 25.1 Å². The fraction of sp³-hybridized carbons (Fsp3) is 0.533. The molecule has 0 bridgehead atoms. The molecule has 0 aromatic heterocycles. The topological polar surface area (TPSA) is 55.8 Å². The van der Waals surface area contributed by atoms with E-state index in [9.17, 15) is 9.90 Å². The van der Waals surface area contributed by atoms with Crippen molar-refractivity contribution in [2.75, 3.05) is 38.1 Å². The molecule has 0 aliphatic carbocycles. The van der Waals surface area contributed by atoms with Gasteiger partial charge in [-0.2, -0.15) is 0 Å². The molecule has 0 radical (unpaired) electrons. The summed E-state index contributed by atoms with van der Waals surface area (Å²) in [5.74, 6) is 0. The lowest BCUT2D eigenvalue weighted by Gasteiger charge is -2.38. The first-order valence-corrected chi connectivity index (χ1v) is 7.20. The first-order valence-electron chi connectivity index (χ1n) is 7.20. The smallest absolute Gasteiger partial charge is 0.321 e. The number of nitrogens with one attached hydrogen (secondary N) is 1. The van der Waals surface area contributed by atoms with E-state index >= 15 is 0 Å². The van der Waals surface area contributed by atoms with Gasteiger partial charge < -0.3 is 15.3 Å². The highest BCUT2D eigenvalue weighted by atomic mass is 16.3. The number of para-hydroxylation sites is 1. The van der Waals surface area contributed by atoms with E-state index in [1.54, 1.807) is 0 Å². The van der Waals surface area contributed by atoms with Gasteiger partial charge in [0.1, 0.15) is 0 Å². The van der Waals surface area contributed by atoms with Crippen LogP contribution < -0.4 is 5.32 Å². The van der Waals surface area contributed by atoms with Crippen LogP contribution in [0.3, 0.4) is 0 Å². The lowest BCUT2D eigenvalue weighted by atomic mass is 10.2. The predicted octanol–water partition coefficient (Wildman–Crippen LogP) is 1.61. The van der Waals surface area contributed by atoms with Gasteiger partial charge in [-0.05, 0) is 18.6 Å². The van der Waals surface area contributed by atoms with Crippen LogP contribution in [0.5, 0.6) is 0 Å². The summed E-state index contributed by atoms with van der Waals surface area (Å²) in [7, 11) is 0. The second-order valence-electron chi connectivity index (χ2n) is 5.06. The zero-order valence-corrected chi connectivity index (χ0v) is 12.0. The summed E-state index contributed by atoms with van der Waals surface area (Å²) in [5, 5.41) is 12.2. The number of carbonyl (C=O) groups excluding carboxylic acids is 1. The molecule has 2 amide bonds. The lowest BCUT2D eigenvalue weighted by molar-refractivity contribution is 0.0766. The minimum Gasteiger partial charge on any atom is -0.395 e. The molecule has 1 aliphatic heterocycles. The first-order chi connectivity index (χ1) is 9.74. The van der Waals surface area contributed by atoms with Gasteiger partial charge in [0.15, 0.2) is 0 Å². The number of urea groups is 1. The molecule has 1 aromatic rings. The highest BCUT2D eigenvalue weighted by Gasteiger charge is 2.24. The van der Waals surface area contributed by atoms with Crippen molar-refractivity contribution in [3.63, 3.8) is 0 Å². The second-order valence-corrected chi connectivity index (χ2v) is 5.06. The highest BCUT2D eigenvalue weighted by Crippen LogP contribution is 2.11. The number of anilines is 1. The van der Waals surface area contributed by atoms with E-state index in [1.807, 2.05) is 35.2 Å². The SMILES string of the molecule is CC[C@H](CO)N1CCN(C(=O)Nc2ccccc2)CC1. The Hall–Kier alpha value is -1.59. The molecule has 110 valence electrons. The van der Waals surface area contributed by atoms with E-state index in [4.69, 9.17) is 0 Å². The summed E-state index contributed by atoms with van der Waals surface area (Å²) in [5.41, 5.74) is 0.821. The molecule has 1 saturated heterocycles. The molecule has 1 fully saturated rings. The minimum atomic E-state index is -0.0482. The van der Waals surface area contributed by atoms with Gasteiger partial charge in [0, 0.05) is 37.9 Å². The van der Waals surface area contributed by atoms with Crippen LogP contribution in [0.25, 0.3) is 0 Å². The van der Waals surface area contributed by atoms with Crippen molar-refractivity contribution < 1.29 is 9.90 Å². The van der Waals surface area contributed by atoms with Gasteiger partial charge in [-0.15, -0.1) is 0 Å². The number of hydrogen-bond donors (Lipinski definition) is 2. The van der Waals surface area contributed by atoms with E-state index in [0.29, 0.717) is 13.1 Å². The predicted molar refractivity (Wildman–Crippen MR) is 79.8 cm³/mol. The molecule has 1 heterocycles. The maximum atomic E-state index is 12.1. The maximum Gasteiger partial charge on any atom is 0.321 e. The maximum absolute atomic E-state index is 12.1. The number of hydrogen-bond acceptors (Lipinski definition) is 3. The number of aliphatic hydroxyl groups is 1. The number of piperazine rings is 1. The number of rotatable bonds is 4. The summed E-state index contributed by atoms with van der Waals surface area (Å²) >= 11 is 0. The van der Waals surface area contributed by atoms with Crippen LogP contribution in [-0.2, 0) is 0 Å². The summed E-state index contributed by atoms with van der Waals surface area (Å²) in [6, 6.07) is 9.66. The van der Waals surface area contributed by atoms with Crippen LogP contribution in [0.1, 0.15) is 13.3 Å². The zero-order valence-electron chi connectivity index (χ0n) is 12.0. The molecule has 1 aromatic carbocycles. The molecule has 0 unspecified atom stereocenters. The Morgan fingerprint density at radius 3 is 2.45 bits per heavy atom. The quantitative estimate of drug-likeness (QED) is 0.879. The largest absolute Gasteiger partial charge is 0.395 e. The van der Waals surface area contributed by atoms with Gasteiger partial charge in [-0.25, -0.2) is 4.79 Å². The van der Waals surface area contributed by atoms with Crippen LogP contribution in [0.2, 0.25) is 0 Å². The van der Waals surface area contributed by atoms with Crippen LogP contribution >= 0.6 is 0 Å². The van der Waals surface area contributed by atoms with Gasteiger partial charge in [0.25, 0.3) is 0 Å². The van der Waals surface area contributed by atoms with Gasteiger partial charge >= 0.3 is 6.03 Å². The molecule has 2 N–H and O–H groups in total. The third kappa shape index (κ3) is 3.71. The highest BCUT2D eigenvalue weighted by molar-refractivity contribution is 5.89. The fourth-order valence-electron chi connectivity index (χ4n) is 2.52. The summed E-state index contributed by atoms with van der Waals surface area (Å²) < 4.78 is 0. The van der Waals surface area contributed by atoms with Crippen LogP contribution in [-0.4, -0.2) is 59.8 Å². The number of amides is 2. The number of benzene rings is 1. The van der Waals surface area contributed by atoms with Crippen molar-refractivity contribution in [2.45, 2.75) is 19.4 Å². The Kier molecular flexibility index (Phi) is 5.38. The molecule has 1 aliphatic rings. The molecule has 5 heteroatoms. The second kappa shape index (κ2) is 7.26. The summed E-state index contributed by atoms with van der Waals surface area (Å²) in [6.07, 6.45) is 0.937. The standard InChI is InChI=1S/C15H23N3O2/c1-2-14(12-19)17-8-10-18(11-9-17)15(20)16-13-6-4-3-5-7-13/h3-7,14,19H,2,8-12H2,1H3,(H,16,20)/t14-/m1/s1. The van der Waals surface area contributed by atoms with Crippen molar-refractivity contribution >= 4 is 11.7 Å². The number of aliphatic hydroxyl groups excluding tert-OH is 1. The minimum absolute atomic E-state index is 0.0482. The molecule has 0 saturated carbocycles. The van der Waals surface area contributed by atoms with Crippen molar-refractivity contribution in [1.82, 2.24) is 9.80 Å². The van der Waals surface area contributed by atoms with E-state index < -0.39 is 0 Å². The monoisotopic (exact) mass is 277 g/mol. The van der Waals surface area contributed by atoms with Gasteiger partial charge in [0.2, 0.25) is 0 Å². The molecule has 2 rings (SSSR count). The molecule has 1 atom stereocenters. The number of carbonyl (C=O) groups is 1. The summed E-state index contributed by atoms with van der Waals surface area (Å²) in [4.78, 5) is 16.2. The van der Waals surface area contributed by atoms with E-state index in [0.717, 1.165) is 25.2 Å². The van der Waals surface area contributed by atoms with Gasteiger partial charge in [0.05, 0.1) is 6.61 Å². The van der Waals surface area contributed by atoms with Crippen LogP contribution in [0.15, 0.2) is 30.3 Å². The Balaban J connectivity index is 1.83. The molecular weight excluding hydrogens is 254 g/mol. The Morgan fingerprint density at radius 1 is 1.25 bits per heavy atom. The third-order valence-electron chi connectivity index (χ3n) is 3.82. The average Bonchev–Trinajstić information content (AvgIpc) is 2.50. The third-order valence-corrected chi connectivity index (χ3v) is 3.82. The average molecular weight is 277 g/mol. The summed E-state index contributed by atoms with van der Waals surface area (Å²) in [6.45, 7) is 5.31. The van der Waals surface area contributed by atoms with Crippen LogP contribution in [0.4, 0.5) is 10.5 Å². The Morgan fingerprint density at radius 2 is 1.90 bits per heavy atom. The molecule has 20 heavy (non-hydrogen) atoms. The van der Waals surface area contributed by atoms with Crippen molar-refractivity contribution in [2.24, 2.45) is 0 Å². The zero-order chi connectivity index (χ0) is 14.4. The van der Waals surface area contributed by atoms with Crippen molar-refractivity contribution in [1.29, 1.82) is 0 Å². The number of nitrogens with zero attached hydrogens (tertiary/aromatic N) is 2. The normalized spacial score (nSPS) is 17.8. The Labute approximate surface area is 120 Å². The molecule has 5 nitrogen and oxygen atoms in total. The Bertz CT molecular complexity index is 412. The lowest BCUT2D eigenvalue weighted by Crippen LogP contribution is -2.53. The van der Waals surface area contributed by atoms with E-state index in [1.165, 1.54) is 0 Å². The van der Waals surface area contributed by atoms with Gasteiger partial charge in [-0.3, -0.25) is 4.90 Å². The molecule has 0 spiro atoms. The first kappa shape index (κ1) is 14.8. The van der Waals surface area contributed by atoms with Crippen LogP contribution in [0, 0.1) is 0 Å². The molecular formula is C15H23N3O2. The fourth-order valence-corrected chi connectivity index (χ4v) is 2.52.